The Hall–Kier alpha value is -1.88. The molecule has 1 aromatic rings. The predicted octanol–water partition coefficient (Wildman–Crippen LogP) is 2.43. The van der Waals surface area contributed by atoms with E-state index >= 15 is 0 Å². The maximum atomic E-state index is 11.9. The van der Waals surface area contributed by atoms with Crippen molar-refractivity contribution in [2.45, 2.75) is 57.5 Å². The zero-order chi connectivity index (χ0) is 16.7. The Morgan fingerprint density at radius 3 is 2.43 bits per heavy atom. The van der Waals surface area contributed by atoms with Crippen molar-refractivity contribution in [1.82, 2.24) is 5.32 Å². The third-order valence-electron chi connectivity index (χ3n) is 4.21. The molecule has 0 aliphatic heterocycles. The van der Waals surface area contributed by atoms with Crippen LogP contribution in [0.15, 0.2) is 24.3 Å². The molecule has 23 heavy (non-hydrogen) atoms. The van der Waals surface area contributed by atoms with Gasteiger partial charge in [-0.1, -0.05) is 0 Å². The lowest BCUT2D eigenvalue weighted by atomic mass is 9.92. The van der Waals surface area contributed by atoms with Crippen LogP contribution in [0, 0.1) is 0 Å². The number of benzene rings is 1. The van der Waals surface area contributed by atoms with Crippen LogP contribution in [0.1, 0.15) is 55.8 Å². The summed E-state index contributed by atoms with van der Waals surface area (Å²) in [4.78, 5) is 23.1. The second kappa shape index (κ2) is 8.67. The number of hydrogen-bond acceptors (Lipinski definition) is 4. The molecule has 0 spiro atoms. The number of carbonyl (C=O) groups is 2. The van der Waals surface area contributed by atoms with Gasteiger partial charge in [-0.25, -0.2) is 0 Å². The number of nitrogens with two attached hydrogens (primary N) is 1. The van der Waals surface area contributed by atoms with Crippen LogP contribution in [0.25, 0.3) is 0 Å². The maximum absolute atomic E-state index is 11.9. The summed E-state index contributed by atoms with van der Waals surface area (Å²) < 4.78 is 5.59. The monoisotopic (exact) mass is 318 g/mol. The molecule has 0 unspecified atom stereocenters. The Kier molecular flexibility index (Phi) is 6.59. The fraction of sp³-hybridized carbons (Fsp3) is 0.556. The van der Waals surface area contributed by atoms with Crippen LogP contribution in [-0.2, 0) is 4.79 Å². The lowest BCUT2D eigenvalue weighted by Crippen LogP contribution is -2.40. The SMILES string of the molecule is CC(=O)c1ccc(OCCCC(=O)NC2CCC(N)CC2)cc1. The van der Waals surface area contributed by atoms with Crippen molar-refractivity contribution in [1.29, 1.82) is 0 Å². The Bertz CT molecular complexity index is 520. The zero-order valence-corrected chi connectivity index (χ0v) is 13.7. The second-order valence-electron chi connectivity index (χ2n) is 6.21. The van der Waals surface area contributed by atoms with Crippen LogP contribution < -0.4 is 15.8 Å². The number of carbonyl (C=O) groups excluding carboxylic acids is 2. The molecule has 0 atom stereocenters. The zero-order valence-electron chi connectivity index (χ0n) is 13.7. The van der Waals surface area contributed by atoms with E-state index in [1.165, 1.54) is 6.92 Å². The molecule has 2 rings (SSSR count). The van der Waals surface area contributed by atoms with E-state index in [1.807, 2.05) is 0 Å². The average molecular weight is 318 g/mol. The smallest absolute Gasteiger partial charge is 0.220 e. The molecular weight excluding hydrogens is 292 g/mol. The van der Waals surface area contributed by atoms with Gasteiger partial charge in [0.05, 0.1) is 6.61 Å². The molecule has 0 aromatic heterocycles. The van der Waals surface area contributed by atoms with Crippen molar-refractivity contribution in [2.75, 3.05) is 6.61 Å². The highest BCUT2D eigenvalue weighted by Gasteiger charge is 2.19. The van der Waals surface area contributed by atoms with Crippen LogP contribution in [0.5, 0.6) is 5.75 Å². The summed E-state index contributed by atoms with van der Waals surface area (Å²) in [5.41, 5.74) is 6.53. The molecule has 5 heteroatoms. The molecule has 5 nitrogen and oxygen atoms in total. The predicted molar refractivity (Wildman–Crippen MR) is 89.5 cm³/mol. The fourth-order valence-electron chi connectivity index (χ4n) is 2.77. The summed E-state index contributed by atoms with van der Waals surface area (Å²) in [6.07, 6.45) is 5.08. The number of hydrogen-bond donors (Lipinski definition) is 2. The van der Waals surface area contributed by atoms with E-state index < -0.39 is 0 Å². The first-order valence-electron chi connectivity index (χ1n) is 8.33. The molecule has 126 valence electrons. The lowest BCUT2D eigenvalue weighted by Gasteiger charge is -2.26. The number of rotatable bonds is 7. The summed E-state index contributed by atoms with van der Waals surface area (Å²) in [6.45, 7) is 2.02. The molecular formula is C18H26N2O3. The summed E-state index contributed by atoms with van der Waals surface area (Å²) in [7, 11) is 0. The number of Topliss-reactive ketones (excluding diaryl/α,β-unsaturated/α-hetero) is 1. The van der Waals surface area contributed by atoms with Crippen molar-refractivity contribution in [3.63, 3.8) is 0 Å². The average Bonchev–Trinajstić information content (AvgIpc) is 2.54. The molecule has 0 bridgehead atoms. The normalized spacial score (nSPS) is 20.8. The minimum atomic E-state index is 0.0388. The minimum Gasteiger partial charge on any atom is -0.494 e. The van der Waals surface area contributed by atoms with Crippen molar-refractivity contribution in [3.8, 4) is 5.75 Å². The van der Waals surface area contributed by atoms with E-state index in [-0.39, 0.29) is 17.7 Å². The van der Waals surface area contributed by atoms with Crippen LogP contribution in [0.4, 0.5) is 0 Å². The molecule has 3 N–H and O–H groups in total. The van der Waals surface area contributed by atoms with Crippen LogP contribution in [0.3, 0.4) is 0 Å². The summed E-state index contributed by atoms with van der Waals surface area (Å²) in [5, 5.41) is 3.07. The molecule has 1 aromatic carbocycles. The van der Waals surface area contributed by atoms with Gasteiger partial charge in [0.2, 0.25) is 5.91 Å². The van der Waals surface area contributed by atoms with Gasteiger partial charge in [0, 0.05) is 24.1 Å². The van der Waals surface area contributed by atoms with Crippen molar-refractivity contribution in [3.05, 3.63) is 29.8 Å². The highest BCUT2D eigenvalue weighted by Crippen LogP contribution is 2.17. The fourth-order valence-corrected chi connectivity index (χ4v) is 2.77. The van der Waals surface area contributed by atoms with Crippen LogP contribution in [0.2, 0.25) is 0 Å². The standard InChI is InChI=1S/C18H26N2O3/c1-13(21)14-4-10-17(11-5-14)23-12-2-3-18(22)20-16-8-6-15(19)7-9-16/h4-5,10-11,15-16H,2-3,6-9,12,19H2,1H3,(H,20,22). The van der Waals surface area contributed by atoms with Crippen LogP contribution in [-0.4, -0.2) is 30.4 Å². The Morgan fingerprint density at radius 1 is 1.17 bits per heavy atom. The third kappa shape index (κ3) is 6.02. The van der Waals surface area contributed by atoms with Gasteiger partial charge in [-0.3, -0.25) is 9.59 Å². The first-order valence-corrected chi connectivity index (χ1v) is 8.33. The first-order chi connectivity index (χ1) is 11.0. The van der Waals surface area contributed by atoms with Gasteiger partial charge in [-0.05, 0) is 63.3 Å². The lowest BCUT2D eigenvalue weighted by molar-refractivity contribution is -0.122. The molecule has 0 heterocycles. The van der Waals surface area contributed by atoms with Gasteiger partial charge >= 0.3 is 0 Å². The third-order valence-corrected chi connectivity index (χ3v) is 4.21. The largest absolute Gasteiger partial charge is 0.494 e. The van der Waals surface area contributed by atoms with Crippen LogP contribution >= 0.6 is 0 Å². The summed E-state index contributed by atoms with van der Waals surface area (Å²) in [5.74, 6) is 0.842. The van der Waals surface area contributed by atoms with Gasteiger partial charge in [-0.15, -0.1) is 0 Å². The van der Waals surface area contributed by atoms with Crippen molar-refractivity contribution < 1.29 is 14.3 Å². The number of amides is 1. The van der Waals surface area contributed by atoms with Gasteiger partial charge in [0.1, 0.15) is 5.75 Å². The molecule has 1 fully saturated rings. The molecule has 0 saturated heterocycles. The van der Waals surface area contributed by atoms with E-state index in [2.05, 4.69) is 5.32 Å². The molecule has 1 saturated carbocycles. The number of ketones is 1. The van der Waals surface area contributed by atoms with E-state index in [4.69, 9.17) is 10.5 Å². The Morgan fingerprint density at radius 2 is 1.83 bits per heavy atom. The quantitative estimate of drug-likeness (QED) is 0.597. The number of ether oxygens (including phenoxy) is 1. The van der Waals surface area contributed by atoms with E-state index in [1.54, 1.807) is 24.3 Å². The number of nitrogens with one attached hydrogen (secondary N) is 1. The maximum Gasteiger partial charge on any atom is 0.220 e. The van der Waals surface area contributed by atoms with Gasteiger partial charge < -0.3 is 15.8 Å². The van der Waals surface area contributed by atoms with Gasteiger partial charge in [0.15, 0.2) is 5.78 Å². The second-order valence-corrected chi connectivity index (χ2v) is 6.21. The first kappa shape index (κ1) is 17.5. The summed E-state index contributed by atoms with van der Waals surface area (Å²) >= 11 is 0. The van der Waals surface area contributed by atoms with Crippen molar-refractivity contribution >= 4 is 11.7 Å². The molecule has 1 amide bonds. The minimum absolute atomic E-state index is 0.0388. The highest BCUT2D eigenvalue weighted by molar-refractivity contribution is 5.94. The van der Waals surface area contributed by atoms with Gasteiger partial charge in [-0.2, -0.15) is 0 Å². The molecule has 1 aliphatic rings. The van der Waals surface area contributed by atoms with Gasteiger partial charge in [0.25, 0.3) is 0 Å². The summed E-state index contributed by atoms with van der Waals surface area (Å²) in [6, 6.07) is 7.63. The topological polar surface area (TPSA) is 81.4 Å². The van der Waals surface area contributed by atoms with E-state index in [0.717, 1.165) is 31.4 Å². The highest BCUT2D eigenvalue weighted by atomic mass is 16.5. The van der Waals surface area contributed by atoms with Crippen molar-refractivity contribution in [2.24, 2.45) is 5.73 Å². The van der Waals surface area contributed by atoms with E-state index in [9.17, 15) is 9.59 Å². The Balaban J connectivity index is 1.61. The Labute approximate surface area is 137 Å². The molecule has 1 aliphatic carbocycles. The van der Waals surface area contributed by atoms with E-state index in [0.29, 0.717) is 31.1 Å². The molecule has 0 radical (unpaired) electrons.